The molecule has 12 heteroatoms. The van der Waals surface area contributed by atoms with E-state index in [0.717, 1.165) is 11.3 Å². The zero-order valence-corrected chi connectivity index (χ0v) is 22.1. The quantitative estimate of drug-likeness (QED) is 0.293. The van der Waals surface area contributed by atoms with E-state index in [1.165, 1.54) is 19.8 Å². The van der Waals surface area contributed by atoms with Crippen molar-refractivity contribution >= 4 is 28.1 Å². The lowest BCUT2D eigenvalue weighted by Gasteiger charge is -2.36. The second kappa shape index (κ2) is 10.2. The van der Waals surface area contributed by atoms with Gasteiger partial charge in [-0.15, -0.1) is 0 Å². The van der Waals surface area contributed by atoms with Crippen molar-refractivity contribution in [3.63, 3.8) is 0 Å². The van der Waals surface area contributed by atoms with E-state index < -0.39 is 12.0 Å². The number of nitrogens with one attached hydrogen (secondary N) is 1. The lowest BCUT2D eigenvalue weighted by molar-refractivity contribution is -0.134. The fraction of sp³-hybridized carbons (Fsp3) is 0.286. The number of methoxy groups -OCH3 is 1. The van der Waals surface area contributed by atoms with Crippen molar-refractivity contribution in [1.82, 2.24) is 29.5 Å². The number of nitrogens with zero attached hydrogens (tertiary/aromatic N) is 6. The number of piperidine rings is 1. The number of likely N-dealkylation sites (tertiary alicyclic amines) is 1. The van der Waals surface area contributed by atoms with Crippen LogP contribution >= 0.6 is 0 Å². The third kappa shape index (κ3) is 5.05. The highest BCUT2D eigenvalue weighted by Crippen LogP contribution is 2.39. The summed E-state index contributed by atoms with van der Waals surface area (Å²) in [6.07, 6.45) is 3.56. The van der Waals surface area contributed by atoms with Crippen LogP contribution in [0, 0.1) is 6.92 Å². The number of aromatic nitrogens is 5. The van der Waals surface area contributed by atoms with Gasteiger partial charge in [-0.1, -0.05) is 0 Å². The first kappa shape index (κ1) is 25.7. The molecule has 3 aromatic heterocycles. The van der Waals surface area contributed by atoms with Crippen LogP contribution in [-0.2, 0) is 0 Å². The fourth-order valence-corrected chi connectivity index (χ4v) is 4.79. The van der Waals surface area contributed by atoms with Gasteiger partial charge in [0.1, 0.15) is 41.5 Å². The number of benzene rings is 2. The van der Waals surface area contributed by atoms with E-state index in [9.17, 15) is 8.78 Å². The van der Waals surface area contributed by atoms with Crippen molar-refractivity contribution in [2.45, 2.75) is 25.4 Å². The highest BCUT2D eigenvalue weighted by molar-refractivity contribution is 5.96. The van der Waals surface area contributed by atoms with E-state index in [4.69, 9.17) is 14.2 Å². The molecule has 2 aromatic carbocycles. The van der Waals surface area contributed by atoms with Crippen molar-refractivity contribution in [3.8, 4) is 23.0 Å². The molecule has 1 atom stereocenters. The first-order valence-corrected chi connectivity index (χ1v) is 12.7. The maximum absolute atomic E-state index is 14.9. The topological polar surface area (TPSA) is 98.9 Å². The lowest BCUT2D eigenvalue weighted by atomic mass is 10.0. The Morgan fingerprint density at radius 3 is 2.67 bits per heavy atom. The van der Waals surface area contributed by atoms with Gasteiger partial charge in [-0.2, -0.15) is 5.10 Å². The van der Waals surface area contributed by atoms with Gasteiger partial charge in [0.05, 0.1) is 24.6 Å². The van der Waals surface area contributed by atoms with Crippen LogP contribution in [0.5, 0.6) is 23.0 Å². The molecule has 0 saturated carbocycles. The molecular formula is C28H27F2N7O3. The Morgan fingerprint density at radius 2 is 1.88 bits per heavy atom. The summed E-state index contributed by atoms with van der Waals surface area (Å²) in [7, 11) is 3.18. The van der Waals surface area contributed by atoms with Gasteiger partial charge < -0.3 is 24.4 Å². The molecule has 1 saturated heterocycles. The Balaban J connectivity index is 1.30. The standard InChI is InChI=1S/C28H27F2N7O3/c1-17-10-18(4-5-22(17)39-19-6-9-37-25(13-19)32-16-34-37)35-27-26-21(31-15-33-27)11-20(38-3)12-23(26)40-24-7-8-36(2)14-28(24,29)30/h4-6,9-13,15-16,24H,7-8,14H2,1-3H3,(H,31,33,35). The summed E-state index contributed by atoms with van der Waals surface area (Å²) < 4.78 is 48.8. The fourth-order valence-electron chi connectivity index (χ4n) is 4.79. The molecule has 5 aromatic rings. The van der Waals surface area contributed by atoms with Crippen LogP contribution in [0.2, 0.25) is 0 Å². The smallest absolute Gasteiger partial charge is 0.296 e. The largest absolute Gasteiger partial charge is 0.497 e. The summed E-state index contributed by atoms with van der Waals surface area (Å²) in [5.74, 6) is -0.619. The van der Waals surface area contributed by atoms with Gasteiger partial charge in [0.25, 0.3) is 5.92 Å². The number of pyridine rings is 1. The predicted octanol–water partition coefficient (Wildman–Crippen LogP) is 5.24. The van der Waals surface area contributed by atoms with Crippen LogP contribution in [-0.4, -0.2) is 68.7 Å². The van der Waals surface area contributed by atoms with Gasteiger partial charge in [-0.25, -0.2) is 28.2 Å². The average Bonchev–Trinajstić information content (AvgIpc) is 3.39. The van der Waals surface area contributed by atoms with Crippen LogP contribution in [0.1, 0.15) is 12.0 Å². The number of rotatable bonds is 7. The number of anilines is 2. The molecule has 4 heterocycles. The first-order chi connectivity index (χ1) is 19.3. The highest BCUT2D eigenvalue weighted by Gasteiger charge is 2.45. The van der Waals surface area contributed by atoms with Crippen molar-refractivity contribution in [2.75, 3.05) is 32.6 Å². The minimum absolute atomic E-state index is 0.184. The minimum atomic E-state index is -3.02. The molecule has 1 N–H and O–H groups in total. The lowest BCUT2D eigenvalue weighted by Crippen LogP contribution is -2.52. The van der Waals surface area contributed by atoms with Gasteiger partial charge in [0.2, 0.25) is 0 Å². The van der Waals surface area contributed by atoms with Crippen LogP contribution in [0.15, 0.2) is 61.3 Å². The van der Waals surface area contributed by atoms with Crippen LogP contribution in [0.25, 0.3) is 16.6 Å². The summed E-state index contributed by atoms with van der Waals surface area (Å²) in [6.45, 7) is 2.06. The SMILES string of the molecule is COc1cc(OC2CCN(C)CC2(F)F)c2c(Nc3ccc(Oc4ccn5ncnc5c4)c(C)c3)ncnc2c1. The summed E-state index contributed by atoms with van der Waals surface area (Å²) in [6, 6.07) is 12.5. The molecule has 0 spiro atoms. The molecule has 1 aliphatic heterocycles. The third-order valence-electron chi connectivity index (χ3n) is 6.82. The van der Waals surface area contributed by atoms with E-state index in [2.05, 4.69) is 25.4 Å². The Morgan fingerprint density at radius 1 is 1.00 bits per heavy atom. The number of ether oxygens (including phenoxy) is 3. The molecule has 10 nitrogen and oxygen atoms in total. The van der Waals surface area contributed by atoms with E-state index in [1.807, 2.05) is 31.2 Å². The Kier molecular flexibility index (Phi) is 6.54. The predicted molar refractivity (Wildman–Crippen MR) is 145 cm³/mol. The Bertz CT molecular complexity index is 1690. The monoisotopic (exact) mass is 547 g/mol. The zero-order chi connectivity index (χ0) is 27.9. The summed E-state index contributed by atoms with van der Waals surface area (Å²) >= 11 is 0. The number of fused-ring (bicyclic) bond motifs is 2. The van der Waals surface area contributed by atoms with E-state index in [1.54, 1.807) is 40.9 Å². The first-order valence-electron chi connectivity index (χ1n) is 12.7. The molecule has 206 valence electrons. The average molecular weight is 548 g/mol. The summed E-state index contributed by atoms with van der Waals surface area (Å²) in [4.78, 5) is 14.6. The normalized spacial score (nSPS) is 17.2. The van der Waals surface area contributed by atoms with Gasteiger partial charge in [-0.05, 0) is 43.8 Å². The van der Waals surface area contributed by atoms with Crippen molar-refractivity contribution < 1.29 is 23.0 Å². The summed E-state index contributed by atoms with van der Waals surface area (Å²) in [5, 5.41) is 7.87. The molecule has 1 fully saturated rings. The highest BCUT2D eigenvalue weighted by atomic mass is 19.3. The van der Waals surface area contributed by atoms with Crippen LogP contribution in [0.3, 0.4) is 0 Å². The number of halogens is 2. The number of hydrogen-bond donors (Lipinski definition) is 1. The number of hydrogen-bond acceptors (Lipinski definition) is 9. The zero-order valence-electron chi connectivity index (χ0n) is 22.1. The second-order valence-corrected chi connectivity index (χ2v) is 9.77. The van der Waals surface area contributed by atoms with E-state index >= 15 is 0 Å². The molecular weight excluding hydrogens is 520 g/mol. The van der Waals surface area contributed by atoms with Gasteiger partial charge in [0, 0.05) is 43.0 Å². The molecule has 0 aliphatic carbocycles. The van der Waals surface area contributed by atoms with E-state index in [-0.39, 0.29) is 18.7 Å². The van der Waals surface area contributed by atoms with E-state index in [0.29, 0.717) is 46.2 Å². The summed E-state index contributed by atoms with van der Waals surface area (Å²) in [5.41, 5.74) is 2.78. The van der Waals surface area contributed by atoms with Crippen LogP contribution < -0.4 is 19.5 Å². The maximum atomic E-state index is 14.9. The molecule has 0 amide bonds. The van der Waals surface area contributed by atoms with Gasteiger partial charge >= 0.3 is 0 Å². The Labute approximate surface area is 228 Å². The van der Waals surface area contributed by atoms with Crippen molar-refractivity contribution in [2.24, 2.45) is 0 Å². The third-order valence-corrected chi connectivity index (χ3v) is 6.82. The van der Waals surface area contributed by atoms with Crippen molar-refractivity contribution in [3.05, 3.63) is 66.9 Å². The number of alkyl halides is 2. The maximum Gasteiger partial charge on any atom is 0.296 e. The van der Waals surface area contributed by atoms with Gasteiger partial charge in [-0.3, -0.25) is 0 Å². The number of aryl methyl sites for hydroxylation is 1. The Hall–Kier alpha value is -4.58. The van der Waals surface area contributed by atoms with Crippen LogP contribution in [0.4, 0.5) is 20.3 Å². The van der Waals surface area contributed by atoms with Gasteiger partial charge in [0.15, 0.2) is 11.8 Å². The van der Waals surface area contributed by atoms with Crippen molar-refractivity contribution in [1.29, 1.82) is 0 Å². The molecule has 40 heavy (non-hydrogen) atoms. The minimum Gasteiger partial charge on any atom is -0.497 e. The molecule has 0 bridgehead atoms. The molecule has 1 aliphatic rings. The molecule has 0 radical (unpaired) electrons. The molecule has 1 unspecified atom stereocenters. The second-order valence-electron chi connectivity index (χ2n) is 9.77. The molecule has 6 rings (SSSR count).